The second-order valence-electron chi connectivity index (χ2n) is 5.49. The predicted molar refractivity (Wildman–Crippen MR) is 90.6 cm³/mol. The third kappa shape index (κ3) is 2.62. The van der Waals surface area contributed by atoms with Gasteiger partial charge in [-0.2, -0.15) is 0 Å². The molecule has 10 heteroatoms. The van der Waals surface area contributed by atoms with Crippen molar-refractivity contribution in [3.63, 3.8) is 0 Å². The third-order valence-corrected chi connectivity index (χ3v) is 4.23. The molecule has 2 aromatic rings. The summed E-state index contributed by atoms with van der Waals surface area (Å²) < 4.78 is 7.12. The van der Waals surface area contributed by atoms with Crippen molar-refractivity contribution in [3.8, 4) is 0 Å². The summed E-state index contributed by atoms with van der Waals surface area (Å²) in [4.78, 5) is 8.60. The normalized spacial score (nSPS) is 26.8. The van der Waals surface area contributed by atoms with Crippen LogP contribution in [0.2, 0.25) is 0 Å². The number of aliphatic hydroxyl groups excluding tert-OH is 3. The molecule has 130 valence electrons. The number of anilines is 1. The van der Waals surface area contributed by atoms with Crippen molar-refractivity contribution in [1.82, 2.24) is 14.5 Å². The summed E-state index contributed by atoms with van der Waals surface area (Å²) >= 11 is 5.11. The van der Waals surface area contributed by atoms with Gasteiger partial charge in [-0.05, 0) is 6.92 Å². The lowest BCUT2D eigenvalue weighted by Crippen LogP contribution is -2.33. The zero-order valence-electron chi connectivity index (χ0n) is 13.0. The van der Waals surface area contributed by atoms with Gasteiger partial charge in [0.05, 0.1) is 12.0 Å². The van der Waals surface area contributed by atoms with E-state index < -0.39 is 31.1 Å². The number of nitrogens with one attached hydrogen (secondary N) is 1. The Bertz CT molecular complexity index is 767. The van der Waals surface area contributed by atoms with E-state index in [-0.39, 0.29) is 4.99 Å². The molecule has 0 radical (unpaired) electrons. The second-order valence-corrected chi connectivity index (χ2v) is 5.93. The summed E-state index contributed by atoms with van der Waals surface area (Å²) in [5, 5.41) is 33.2. The van der Waals surface area contributed by atoms with Gasteiger partial charge in [-0.25, -0.2) is 9.97 Å². The van der Waals surface area contributed by atoms with E-state index in [4.69, 9.17) is 22.7 Å². The zero-order valence-corrected chi connectivity index (χ0v) is 13.8. The number of aromatic nitrogens is 3. The van der Waals surface area contributed by atoms with Gasteiger partial charge >= 0.3 is 0 Å². The highest BCUT2D eigenvalue weighted by Gasteiger charge is 2.44. The molecule has 0 aliphatic carbocycles. The second kappa shape index (κ2) is 6.57. The van der Waals surface area contributed by atoms with Gasteiger partial charge in [0.1, 0.15) is 41.1 Å². The van der Waals surface area contributed by atoms with Crippen LogP contribution in [0.15, 0.2) is 12.5 Å². The number of nitrogens with zero attached hydrogens (tertiary/aromatic N) is 3. The van der Waals surface area contributed by atoms with Crippen molar-refractivity contribution in [2.24, 2.45) is 5.73 Å². The molecule has 1 saturated heterocycles. The first-order valence-electron chi connectivity index (χ1n) is 7.51. The molecule has 4 unspecified atom stereocenters. The smallest absolute Gasteiger partial charge is 0.164 e. The summed E-state index contributed by atoms with van der Waals surface area (Å²) in [5.74, 6) is 0.566. The largest absolute Gasteiger partial charge is 0.394 e. The Morgan fingerprint density at radius 3 is 2.75 bits per heavy atom. The molecule has 0 bridgehead atoms. The number of nitrogens with two attached hydrogens (primary N) is 1. The van der Waals surface area contributed by atoms with E-state index in [1.54, 1.807) is 10.8 Å². The van der Waals surface area contributed by atoms with E-state index in [1.807, 2.05) is 6.92 Å². The quantitative estimate of drug-likeness (QED) is 0.433. The molecule has 1 aliphatic rings. The van der Waals surface area contributed by atoms with Crippen LogP contribution in [0.1, 0.15) is 18.7 Å². The highest BCUT2D eigenvalue weighted by molar-refractivity contribution is 7.80. The molecule has 0 spiro atoms. The van der Waals surface area contributed by atoms with Gasteiger partial charge in [0.25, 0.3) is 0 Å². The van der Waals surface area contributed by atoms with Crippen molar-refractivity contribution >= 4 is 34.1 Å². The van der Waals surface area contributed by atoms with Crippen LogP contribution in [0.25, 0.3) is 11.0 Å². The number of thiocarbonyl (C=S) groups is 1. The van der Waals surface area contributed by atoms with Crippen molar-refractivity contribution in [1.29, 1.82) is 0 Å². The molecule has 0 aromatic carbocycles. The summed E-state index contributed by atoms with van der Waals surface area (Å²) in [7, 11) is 0. The molecule has 3 heterocycles. The summed E-state index contributed by atoms with van der Waals surface area (Å²) in [6.07, 6.45) is -1.25. The van der Waals surface area contributed by atoms with Crippen LogP contribution < -0.4 is 11.1 Å². The number of hydrogen-bond donors (Lipinski definition) is 5. The van der Waals surface area contributed by atoms with E-state index in [0.717, 1.165) is 0 Å². The van der Waals surface area contributed by atoms with Crippen molar-refractivity contribution in [2.75, 3.05) is 18.5 Å². The van der Waals surface area contributed by atoms with Gasteiger partial charge in [-0.1, -0.05) is 12.2 Å². The molecule has 24 heavy (non-hydrogen) atoms. The Hall–Kier alpha value is -1.85. The van der Waals surface area contributed by atoms with Gasteiger partial charge < -0.3 is 35.7 Å². The van der Waals surface area contributed by atoms with E-state index >= 15 is 0 Å². The first kappa shape index (κ1) is 17.0. The highest BCUT2D eigenvalue weighted by atomic mass is 32.1. The molecular formula is C14H19N5O4S. The van der Waals surface area contributed by atoms with Crippen molar-refractivity contribution in [2.45, 2.75) is 31.5 Å². The number of fused-ring (bicyclic) bond motifs is 1. The minimum absolute atomic E-state index is 0.152. The maximum atomic E-state index is 10.3. The van der Waals surface area contributed by atoms with Crippen LogP contribution >= 0.6 is 12.2 Å². The van der Waals surface area contributed by atoms with Crippen LogP contribution in [-0.4, -0.2) is 66.3 Å². The first-order chi connectivity index (χ1) is 11.5. The van der Waals surface area contributed by atoms with Gasteiger partial charge in [-0.15, -0.1) is 0 Å². The fourth-order valence-corrected chi connectivity index (χ4v) is 3.03. The van der Waals surface area contributed by atoms with E-state index in [9.17, 15) is 15.3 Å². The molecule has 4 atom stereocenters. The highest BCUT2D eigenvalue weighted by Crippen LogP contribution is 2.35. The minimum atomic E-state index is -1.23. The summed E-state index contributed by atoms with van der Waals surface area (Å²) in [6.45, 7) is 2.16. The zero-order chi connectivity index (χ0) is 17.4. The van der Waals surface area contributed by atoms with E-state index in [2.05, 4.69) is 15.3 Å². The Labute approximate surface area is 143 Å². The van der Waals surface area contributed by atoms with Crippen molar-refractivity contribution in [3.05, 3.63) is 18.1 Å². The van der Waals surface area contributed by atoms with Crippen LogP contribution in [0.3, 0.4) is 0 Å². The average Bonchev–Trinajstić information content (AvgIpc) is 3.08. The van der Waals surface area contributed by atoms with Gasteiger partial charge in [0.15, 0.2) is 6.23 Å². The van der Waals surface area contributed by atoms with Crippen LogP contribution in [0.4, 0.5) is 5.82 Å². The summed E-state index contributed by atoms with van der Waals surface area (Å²) in [6, 6.07) is 0. The molecule has 0 saturated carbocycles. The summed E-state index contributed by atoms with van der Waals surface area (Å²) in [5.41, 5.74) is 6.81. The fraction of sp³-hybridized carbons (Fsp3) is 0.500. The monoisotopic (exact) mass is 353 g/mol. The lowest BCUT2D eigenvalue weighted by Gasteiger charge is -2.17. The number of aliphatic hydroxyl groups is 3. The lowest BCUT2D eigenvalue weighted by atomic mass is 10.1. The number of hydrogen-bond acceptors (Lipinski definition) is 8. The van der Waals surface area contributed by atoms with Crippen LogP contribution in [0, 0.1) is 0 Å². The molecule has 2 aromatic heterocycles. The maximum Gasteiger partial charge on any atom is 0.164 e. The van der Waals surface area contributed by atoms with E-state index in [1.165, 1.54) is 6.33 Å². The molecule has 6 N–H and O–H groups in total. The Morgan fingerprint density at radius 1 is 1.42 bits per heavy atom. The van der Waals surface area contributed by atoms with Gasteiger partial charge in [0.2, 0.25) is 0 Å². The Morgan fingerprint density at radius 2 is 2.17 bits per heavy atom. The van der Waals surface area contributed by atoms with Crippen LogP contribution in [-0.2, 0) is 4.74 Å². The molecule has 0 amide bonds. The average molecular weight is 353 g/mol. The fourth-order valence-electron chi connectivity index (χ4n) is 2.88. The van der Waals surface area contributed by atoms with Crippen LogP contribution in [0.5, 0.6) is 0 Å². The molecule has 1 fully saturated rings. The molecular weight excluding hydrogens is 334 g/mol. The number of ether oxygens (including phenoxy) is 1. The standard InChI is InChI=1S/C14H19N5O4S/c1-2-16-12-8-6(11(15)24)3-19(13(8)18-5-17-12)14-10(22)9(21)7(4-20)23-14/h3,5,7,9-10,14,20-22H,2,4H2,1H3,(H2,15,24)(H,16,17,18). The maximum absolute atomic E-state index is 10.3. The molecule has 1 aliphatic heterocycles. The Balaban J connectivity index is 2.16. The predicted octanol–water partition coefficient (Wildman–Crippen LogP) is -0.891. The third-order valence-electron chi connectivity index (χ3n) is 4.01. The minimum Gasteiger partial charge on any atom is -0.394 e. The molecule has 3 rings (SSSR count). The topological polar surface area (TPSA) is 139 Å². The van der Waals surface area contributed by atoms with Gasteiger partial charge in [-0.3, -0.25) is 0 Å². The Kier molecular flexibility index (Phi) is 4.65. The molecule has 9 nitrogen and oxygen atoms in total. The van der Waals surface area contributed by atoms with Crippen molar-refractivity contribution < 1.29 is 20.1 Å². The van der Waals surface area contributed by atoms with Gasteiger partial charge in [0, 0.05) is 18.3 Å². The lowest BCUT2D eigenvalue weighted by molar-refractivity contribution is -0.0508. The number of rotatable bonds is 5. The SMILES string of the molecule is CCNc1ncnc2c1c(C(N)=S)cn2C1OC(CO)C(O)C1O. The first-order valence-corrected chi connectivity index (χ1v) is 7.92. The van der Waals surface area contributed by atoms with E-state index in [0.29, 0.717) is 29.0 Å².